The number of hydrogen-bond donors (Lipinski definition) is 2. The van der Waals surface area contributed by atoms with E-state index in [1.54, 1.807) is 14.2 Å². The van der Waals surface area contributed by atoms with Crippen molar-refractivity contribution in [2.45, 2.75) is 45.1 Å². The Morgan fingerprint density at radius 2 is 1.77 bits per heavy atom. The minimum Gasteiger partial charge on any atom is -0.493 e. The molecule has 30 heavy (non-hydrogen) atoms. The molecule has 2 aromatic rings. The Morgan fingerprint density at radius 3 is 2.50 bits per heavy atom. The summed E-state index contributed by atoms with van der Waals surface area (Å²) < 4.78 is 10.7. The Hall–Kier alpha value is -2.53. The van der Waals surface area contributed by atoms with Crippen LogP contribution in [-0.2, 0) is 24.1 Å². The molecule has 2 aromatic carbocycles. The van der Waals surface area contributed by atoms with E-state index in [1.165, 1.54) is 46.4 Å². The van der Waals surface area contributed by atoms with Crippen LogP contribution in [0.2, 0.25) is 0 Å². The monoisotopic (exact) mass is 411 g/mol. The molecule has 5 nitrogen and oxygen atoms in total. The van der Waals surface area contributed by atoms with Crippen LogP contribution in [0, 0.1) is 0 Å². The third-order valence-corrected chi connectivity index (χ3v) is 6.00. The number of amides is 1. The maximum atomic E-state index is 12.6. The number of fused-ring (bicyclic) bond motifs is 1. The van der Waals surface area contributed by atoms with E-state index in [-0.39, 0.29) is 11.9 Å². The topological polar surface area (TPSA) is 52.0 Å². The maximum absolute atomic E-state index is 12.6. The first kappa shape index (κ1) is 22.2. The molecule has 1 amide bonds. The van der Waals surface area contributed by atoms with Crippen molar-refractivity contribution in [2.24, 2.45) is 0 Å². The Bertz CT molecular complexity index is 865. The van der Waals surface area contributed by atoms with Gasteiger partial charge in [0.05, 0.1) is 33.9 Å². The first-order valence-corrected chi connectivity index (χ1v) is 10.9. The van der Waals surface area contributed by atoms with Crippen molar-refractivity contribution in [3.8, 4) is 11.5 Å². The van der Waals surface area contributed by atoms with Crippen LogP contribution in [-0.4, -0.2) is 40.3 Å². The summed E-state index contributed by atoms with van der Waals surface area (Å²) in [7, 11) is 5.34. The molecular formula is C25H35N2O3+. The molecule has 0 aromatic heterocycles. The summed E-state index contributed by atoms with van der Waals surface area (Å²) in [5.74, 6) is 1.56. The first-order chi connectivity index (χ1) is 14.5. The number of hydrogen-bond acceptors (Lipinski definition) is 3. The summed E-state index contributed by atoms with van der Waals surface area (Å²) in [5.41, 5.74) is 5.31. The van der Waals surface area contributed by atoms with Crippen molar-refractivity contribution in [3.63, 3.8) is 0 Å². The van der Waals surface area contributed by atoms with Gasteiger partial charge in [0.1, 0.15) is 0 Å². The van der Waals surface area contributed by atoms with Crippen LogP contribution in [0.15, 0.2) is 36.4 Å². The molecule has 3 rings (SSSR count). The summed E-state index contributed by atoms with van der Waals surface area (Å²) in [5, 5.41) is 3.17. The van der Waals surface area contributed by atoms with Crippen molar-refractivity contribution in [1.29, 1.82) is 0 Å². The van der Waals surface area contributed by atoms with Crippen LogP contribution in [0.3, 0.4) is 0 Å². The second kappa shape index (κ2) is 10.5. The largest absolute Gasteiger partial charge is 0.493 e. The highest BCUT2D eigenvalue weighted by molar-refractivity contribution is 5.77. The number of carbonyl (C=O) groups is 1. The number of nitrogens with one attached hydrogen (secondary N) is 2. The van der Waals surface area contributed by atoms with Crippen LogP contribution < -0.4 is 19.7 Å². The number of aryl methyl sites for hydroxylation is 2. The fraction of sp³-hybridized carbons (Fsp3) is 0.480. The van der Waals surface area contributed by atoms with Gasteiger partial charge in [-0.2, -0.15) is 0 Å². The zero-order chi connectivity index (χ0) is 21.5. The molecule has 0 aliphatic heterocycles. The summed E-state index contributed by atoms with van der Waals surface area (Å²) in [6, 6.07) is 12.7. The number of likely N-dealkylation sites (N-methyl/N-ethyl adjacent to an activating group) is 1. The smallest absolute Gasteiger partial charge is 0.275 e. The Morgan fingerprint density at radius 1 is 1.03 bits per heavy atom. The SMILES string of the molecule is COc1ccc(CC[NH+](C)CC(=O)N[C@@H](C)c2ccc3c(c2)CCCC3)cc1OC. The zero-order valence-electron chi connectivity index (χ0n) is 18.7. The van der Waals surface area contributed by atoms with Gasteiger partial charge >= 0.3 is 0 Å². The molecule has 1 unspecified atom stereocenters. The zero-order valence-corrected chi connectivity index (χ0v) is 18.7. The fourth-order valence-electron chi connectivity index (χ4n) is 4.15. The van der Waals surface area contributed by atoms with Gasteiger partial charge in [-0.15, -0.1) is 0 Å². The molecule has 1 aliphatic rings. The highest BCUT2D eigenvalue weighted by Gasteiger charge is 2.16. The van der Waals surface area contributed by atoms with Crippen LogP contribution in [0.25, 0.3) is 0 Å². The Labute approximate surface area is 180 Å². The van der Waals surface area contributed by atoms with Gasteiger partial charge in [0.25, 0.3) is 5.91 Å². The summed E-state index contributed by atoms with van der Waals surface area (Å²) in [4.78, 5) is 13.7. The van der Waals surface area contributed by atoms with Crippen LogP contribution >= 0.6 is 0 Å². The molecule has 0 spiro atoms. The number of carbonyl (C=O) groups excluding carboxylic acids is 1. The molecule has 2 N–H and O–H groups in total. The lowest BCUT2D eigenvalue weighted by Gasteiger charge is -2.21. The molecule has 0 saturated heterocycles. The predicted molar refractivity (Wildman–Crippen MR) is 120 cm³/mol. The van der Waals surface area contributed by atoms with Crippen molar-refractivity contribution in [2.75, 3.05) is 34.4 Å². The lowest BCUT2D eigenvalue weighted by atomic mass is 9.89. The van der Waals surface area contributed by atoms with E-state index in [4.69, 9.17) is 9.47 Å². The van der Waals surface area contributed by atoms with Crippen LogP contribution in [0.4, 0.5) is 0 Å². The van der Waals surface area contributed by atoms with Gasteiger partial charge in [-0.05, 0) is 67.0 Å². The predicted octanol–water partition coefficient (Wildman–Crippen LogP) is 2.52. The summed E-state index contributed by atoms with van der Waals surface area (Å²) in [6.07, 6.45) is 5.78. The van der Waals surface area contributed by atoms with Gasteiger partial charge in [0.15, 0.2) is 18.0 Å². The van der Waals surface area contributed by atoms with E-state index in [9.17, 15) is 4.79 Å². The van der Waals surface area contributed by atoms with E-state index in [0.717, 1.165) is 30.9 Å². The van der Waals surface area contributed by atoms with Crippen molar-refractivity contribution < 1.29 is 19.2 Å². The Balaban J connectivity index is 1.48. The minimum atomic E-state index is 0.0309. The van der Waals surface area contributed by atoms with E-state index < -0.39 is 0 Å². The third-order valence-electron chi connectivity index (χ3n) is 6.00. The maximum Gasteiger partial charge on any atom is 0.275 e. The van der Waals surface area contributed by atoms with E-state index in [2.05, 4.69) is 37.5 Å². The van der Waals surface area contributed by atoms with Crippen molar-refractivity contribution in [1.82, 2.24) is 5.32 Å². The standard InChI is InChI=1S/C25H34N2O3/c1-18(21-11-10-20-7-5-6-8-22(20)16-21)26-25(28)17-27(2)14-13-19-9-12-23(29-3)24(15-19)30-4/h9-12,15-16,18H,5-8,13-14,17H2,1-4H3,(H,26,28)/p+1/t18-/m0/s1. The third kappa shape index (κ3) is 5.76. The molecule has 0 heterocycles. The molecule has 0 fully saturated rings. The van der Waals surface area contributed by atoms with Gasteiger partial charge in [-0.25, -0.2) is 0 Å². The second-order valence-corrected chi connectivity index (χ2v) is 8.35. The average molecular weight is 412 g/mol. The van der Waals surface area contributed by atoms with Gasteiger partial charge in [0.2, 0.25) is 0 Å². The highest BCUT2D eigenvalue weighted by Crippen LogP contribution is 2.27. The summed E-state index contributed by atoms with van der Waals surface area (Å²) >= 11 is 0. The van der Waals surface area contributed by atoms with Crippen LogP contribution in [0.5, 0.6) is 11.5 Å². The number of benzene rings is 2. The quantitative estimate of drug-likeness (QED) is 0.667. The van der Waals surface area contributed by atoms with E-state index >= 15 is 0 Å². The minimum absolute atomic E-state index is 0.0309. The molecular weight excluding hydrogens is 376 g/mol. The molecule has 2 atom stereocenters. The van der Waals surface area contributed by atoms with Crippen LogP contribution in [0.1, 0.15) is 48.1 Å². The molecule has 5 heteroatoms. The van der Waals surface area contributed by atoms with Gasteiger partial charge in [-0.1, -0.05) is 24.3 Å². The number of rotatable bonds is 9. The highest BCUT2D eigenvalue weighted by atomic mass is 16.5. The lowest BCUT2D eigenvalue weighted by molar-refractivity contribution is -0.871. The number of ether oxygens (including phenoxy) is 2. The lowest BCUT2D eigenvalue weighted by Crippen LogP contribution is -3.10. The van der Waals surface area contributed by atoms with Gasteiger partial charge < -0.3 is 19.7 Å². The molecule has 162 valence electrons. The fourth-order valence-corrected chi connectivity index (χ4v) is 4.15. The average Bonchev–Trinajstić information content (AvgIpc) is 2.76. The first-order valence-electron chi connectivity index (χ1n) is 10.9. The number of methoxy groups -OCH3 is 2. The molecule has 0 radical (unpaired) electrons. The molecule has 0 bridgehead atoms. The summed E-state index contributed by atoms with van der Waals surface area (Å²) in [6.45, 7) is 3.40. The normalized spacial score (nSPS) is 15.1. The Kier molecular flexibility index (Phi) is 7.75. The molecule has 1 aliphatic carbocycles. The second-order valence-electron chi connectivity index (χ2n) is 8.35. The van der Waals surface area contributed by atoms with Crippen molar-refractivity contribution >= 4 is 5.91 Å². The van der Waals surface area contributed by atoms with E-state index in [1.807, 2.05) is 18.2 Å². The molecule has 0 saturated carbocycles. The number of quaternary nitrogens is 1. The van der Waals surface area contributed by atoms with Crippen molar-refractivity contribution in [3.05, 3.63) is 58.7 Å². The van der Waals surface area contributed by atoms with E-state index in [0.29, 0.717) is 6.54 Å². The van der Waals surface area contributed by atoms with Gasteiger partial charge in [0, 0.05) is 6.42 Å². The van der Waals surface area contributed by atoms with Gasteiger partial charge in [-0.3, -0.25) is 4.79 Å².